The number of benzene rings is 2. The lowest BCUT2D eigenvalue weighted by molar-refractivity contribution is -0.385. The van der Waals surface area contributed by atoms with Crippen LogP contribution in [0.1, 0.15) is 36.2 Å². The average molecular weight is 391 g/mol. The Hall–Kier alpha value is -2.78. The molecule has 9 heteroatoms. The number of rotatable bonds is 7. The van der Waals surface area contributed by atoms with Crippen LogP contribution < -0.4 is 10.0 Å². The summed E-state index contributed by atoms with van der Waals surface area (Å²) in [4.78, 5) is 23.0. The molecule has 0 aliphatic carbocycles. The highest BCUT2D eigenvalue weighted by molar-refractivity contribution is 7.89. The molecule has 0 radical (unpaired) electrons. The van der Waals surface area contributed by atoms with E-state index in [1.807, 2.05) is 6.92 Å². The minimum Gasteiger partial charge on any atom is -0.322 e. The second kappa shape index (κ2) is 8.28. The van der Waals surface area contributed by atoms with Crippen LogP contribution >= 0.6 is 0 Å². The van der Waals surface area contributed by atoms with Crippen molar-refractivity contribution in [2.24, 2.45) is 0 Å². The Labute approximate surface area is 157 Å². The van der Waals surface area contributed by atoms with Gasteiger partial charge in [-0.3, -0.25) is 14.9 Å². The first-order chi connectivity index (χ1) is 12.7. The van der Waals surface area contributed by atoms with Crippen molar-refractivity contribution in [2.75, 3.05) is 5.32 Å². The van der Waals surface area contributed by atoms with Gasteiger partial charge in [-0.05, 0) is 50.6 Å². The number of amides is 1. The number of carbonyl (C=O) groups is 1. The largest absolute Gasteiger partial charge is 0.322 e. The van der Waals surface area contributed by atoms with Crippen LogP contribution in [0.15, 0.2) is 47.4 Å². The Kier molecular flexibility index (Phi) is 6.29. The van der Waals surface area contributed by atoms with E-state index in [9.17, 15) is 23.3 Å². The van der Waals surface area contributed by atoms with Gasteiger partial charge in [0.2, 0.25) is 10.0 Å². The summed E-state index contributed by atoms with van der Waals surface area (Å²) in [7, 11) is -3.63. The summed E-state index contributed by atoms with van der Waals surface area (Å²) in [5, 5.41) is 13.6. The Morgan fingerprint density at radius 1 is 1.19 bits per heavy atom. The predicted octanol–water partition coefficient (Wildman–Crippen LogP) is 3.23. The number of nitro groups is 1. The Bertz CT molecular complexity index is 955. The van der Waals surface area contributed by atoms with Crippen molar-refractivity contribution in [1.29, 1.82) is 0 Å². The van der Waals surface area contributed by atoms with Gasteiger partial charge in [-0.1, -0.05) is 13.0 Å². The molecule has 2 rings (SSSR count). The summed E-state index contributed by atoms with van der Waals surface area (Å²) in [5.74, 6) is -0.510. The zero-order valence-electron chi connectivity index (χ0n) is 15.2. The van der Waals surface area contributed by atoms with Crippen LogP contribution in [0.3, 0.4) is 0 Å². The molecule has 8 nitrogen and oxygen atoms in total. The highest BCUT2D eigenvalue weighted by Gasteiger charge is 2.19. The molecule has 144 valence electrons. The van der Waals surface area contributed by atoms with E-state index >= 15 is 0 Å². The molecule has 0 aromatic heterocycles. The number of nitrogens with zero attached hydrogens (tertiary/aromatic N) is 1. The standard InChI is InChI=1S/C18H21N3O5S/c1-4-12(2)20-27(25,26)15-10-8-14(9-11-15)19-18(22)16-6-5-7-17(13(16)3)21(23)24/h5-12,20H,4H2,1-3H3,(H,19,22)/t12-/m0/s1. The zero-order valence-corrected chi connectivity index (χ0v) is 16.0. The number of sulfonamides is 1. The molecule has 2 aromatic rings. The second-order valence-electron chi connectivity index (χ2n) is 6.12. The first-order valence-electron chi connectivity index (χ1n) is 8.33. The highest BCUT2D eigenvalue weighted by atomic mass is 32.2. The fourth-order valence-electron chi connectivity index (χ4n) is 2.40. The van der Waals surface area contributed by atoms with E-state index in [4.69, 9.17) is 0 Å². The normalized spacial score (nSPS) is 12.4. The maximum Gasteiger partial charge on any atom is 0.273 e. The predicted molar refractivity (Wildman–Crippen MR) is 102 cm³/mol. The number of nitrogens with one attached hydrogen (secondary N) is 2. The molecular weight excluding hydrogens is 370 g/mol. The molecule has 0 saturated heterocycles. The maximum atomic E-state index is 12.4. The minimum atomic E-state index is -3.63. The van der Waals surface area contributed by atoms with E-state index in [0.29, 0.717) is 12.1 Å². The van der Waals surface area contributed by atoms with Crippen LogP contribution in [0.2, 0.25) is 0 Å². The van der Waals surface area contributed by atoms with Gasteiger partial charge in [-0.15, -0.1) is 0 Å². The number of hydrogen-bond acceptors (Lipinski definition) is 5. The number of nitro benzene ring substituents is 1. The van der Waals surface area contributed by atoms with Crippen LogP contribution in [0.4, 0.5) is 11.4 Å². The monoisotopic (exact) mass is 391 g/mol. The van der Waals surface area contributed by atoms with Gasteiger partial charge < -0.3 is 5.32 Å². The average Bonchev–Trinajstić information content (AvgIpc) is 2.61. The molecule has 1 atom stereocenters. The third-order valence-corrected chi connectivity index (χ3v) is 5.74. The third kappa shape index (κ3) is 4.89. The lowest BCUT2D eigenvalue weighted by Gasteiger charge is -2.13. The molecule has 2 aromatic carbocycles. The van der Waals surface area contributed by atoms with Gasteiger partial charge >= 0.3 is 0 Å². The second-order valence-corrected chi connectivity index (χ2v) is 7.83. The van der Waals surface area contributed by atoms with Gasteiger partial charge in [-0.25, -0.2) is 13.1 Å². The fraction of sp³-hybridized carbons (Fsp3) is 0.278. The lowest BCUT2D eigenvalue weighted by atomic mass is 10.1. The van der Waals surface area contributed by atoms with Crippen molar-refractivity contribution in [3.63, 3.8) is 0 Å². The van der Waals surface area contributed by atoms with E-state index in [1.165, 1.54) is 49.4 Å². The molecule has 0 spiro atoms. The summed E-state index contributed by atoms with van der Waals surface area (Å²) >= 11 is 0. The summed E-state index contributed by atoms with van der Waals surface area (Å²) in [6, 6.07) is 9.79. The van der Waals surface area contributed by atoms with Gasteiger partial charge in [0.1, 0.15) is 0 Å². The van der Waals surface area contributed by atoms with E-state index in [-0.39, 0.29) is 27.8 Å². The van der Waals surface area contributed by atoms with Crippen LogP contribution in [0.5, 0.6) is 0 Å². The molecular formula is C18H21N3O5S. The van der Waals surface area contributed by atoms with Crippen LogP contribution in [0, 0.1) is 17.0 Å². The molecule has 27 heavy (non-hydrogen) atoms. The molecule has 0 heterocycles. The minimum absolute atomic E-state index is 0.0901. The molecule has 0 unspecified atom stereocenters. The molecule has 1 amide bonds. The highest BCUT2D eigenvalue weighted by Crippen LogP contribution is 2.22. The number of hydrogen-bond donors (Lipinski definition) is 2. The van der Waals surface area contributed by atoms with Crippen LogP contribution in [0.25, 0.3) is 0 Å². The Morgan fingerprint density at radius 3 is 2.37 bits per heavy atom. The van der Waals surface area contributed by atoms with Gasteiger partial charge in [0, 0.05) is 28.9 Å². The van der Waals surface area contributed by atoms with E-state index in [1.54, 1.807) is 6.92 Å². The van der Waals surface area contributed by atoms with Crippen molar-refractivity contribution in [3.05, 3.63) is 63.7 Å². The first-order valence-corrected chi connectivity index (χ1v) is 9.81. The van der Waals surface area contributed by atoms with E-state index in [0.717, 1.165) is 0 Å². The summed E-state index contributed by atoms with van der Waals surface area (Å²) in [6.45, 7) is 5.15. The van der Waals surface area contributed by atoms with Gasteiger partial charge in [0.15, 0.2) is 0 Å². The smallest absolute Gasteiger partial charge is 0.273 e. The Balaban J connectivity index is 2.19. The lowest BCUT2D eigenvalue weighted by Crippen LogP contribution is -2.31. The van der Waals surface area contributed by atoms with Crippen molar-refractivity contribution in [1.82, 2.24) is 4.72 Å². The molecule has 2 N–H and O–H groups in total. The van der Waals surface area contributed by atoms with Gasteiger partial charge in [0.05, 0.1) is 9.82 Å². The third-order valence-electron chi connectivity index (χ3n) is 4.14. The van der Waals surface area contributed by atoms with Crippen LogP contribution in [-0.2, 0) is 10.0 Å². The first kappa shape index (κ1) is 20.5. The summed E-state index contributed by atoms with van der Waals surface area (Å²) in [5.41, 5.74) is 0.685. The van der Waals surface area contributed by atoms with E-state index < -0.39 is 20.9 Å². The van der Waals surface area contributed by atoms with E-state index in [2.05, 4.69) is 10.0 Å². The van der Waals surface area contributed by atoms with Crippen molar-refractivity contribution in [3.8, 4) is 0 Å². The number of anilines is 1. The van der Waals surface area contributed by atoms with Gasteiger partial charge in [0.25, 0.3) is 11.6 Å². The molecule has 0 fully saturated rings. The topological polar surface area (TPSA) is 118 Å². The quantitative estimate of drug-likeness (QED) is 0.555. The summed E-state index contributed by atoms with van der Waals surface area (Å²) in [6.07, 6.45) is 0.663. The van der Waals surface area contributed by atoms with Crippen molar-refractivity contribution in [2.45, 2.75) is 38.1 Å². The molecule has 0 aliphatic heterocycles. The SMILES string of the molecule is CC[C@H](C)NS(=O)(=O)c1ccc(NC(=O)c2cccc([N+](=O)[O-])c2C)cc1. The zero-order chi connectivity index (χ0) is 20.2. The summed E-state index contributed by atoms with van der Waals surface area (Å²) < 4.78 is 27.0. The number of carbonyl (C=O) groups excluding carboxylic acids is 1. The molecule has 0 aliphatic rings. The van der Waals surface area contributed by atoms with Crippen molar-refractivity contribution >= 4 is 27.3 Å². The van der Waals surface area contributed by atoms with Gasteiger partial charge in [-0.2, -0.15) is 0 Å². The van der Waals surface area contributed by atoms with Crippen molar-refractivity contribution < 1.29 is 18.1 Å². The molecule has 0 bridgehead atoms. The molecule has 0 saturated carbocycles. The maximum absolute atomic E-state index is 12.4. The fourth-order valence-corrected chi connectivity index (χ4v) is 3.73. The van der Waals surface area contributed by atoms with Crippen LogP contribution in [-0.4, -0.2) is 25.3 Å². The Morgan fingerprint density at radius 2 is 1.81 bits per heavy atom.